The van der Waals surface area contributed by atoms with Crippen molar-refractivity contribution in [2.45, 2.75) is 90.1 Å². The minimum Gasteiger partial charge on any atom is -0.475 e. The second-order valence-corrected chi connectivity index (χ2v) is 15.2. The highest BCUT2D eigenvalue weighted by Gasteiger charge is 2.44. The van der Waals surface area contributed by atoms with Gasteiger partial charge < -0.3 is 35.6 Å². The third-order valence-electron chi connectivity index (χ3n) is 8.77. The summed E-state index contributed by atoms with van der Waals surface area (Å²) in [5, 5.41) is 16.7. The molecule has 3 atom stereocenters. The van der Waals surface area contributed by atoms with Crippen LogP contribution in [0.2, 0.25) is 10.0 Å². The number of hydrogen-bond donors (Lipinski definition) is 4. The van der Waals surface area contributed by atoms with Gasteiger partial charge in [-0.25, -0.2) is 14.4 Å². The van der Waals surface area contributed by atoms with Crippen LogP contribution < -0.4 is 16.0 Å². The number of nitrogens with zero attached hydrogens (tertiary/aromatic N) is 2. The van der Waals surface area contributed by atoms with Crippen molar-refractivity contribution in [3.05, 3.63) is 69.7 Å². The molecule has 0 saturated carbocycles. The Morgan fingerprint density at radius 2 is 1.61 bits per heavy atom. The number of urea groups is 1. The molecule has 0 radical (unpaired) electrons. The largest absolute Gasteiger partial charge is 0.490 e. The molecule has 2 aromatic carbocycles. The van der Waals surface area contributed by atoms with Crippen LogP contribution >= 0.6 is 23.2 Å². The molecule has 12 nitrogen and oxygen atoms in total. The molecule has 2 aromatic rings. The molecule has 0 aliphatic carbocycles. The zero-order valence-electron chi connectivity index (χ0n) is 30.7. The monoisotopic (exact) mass is 801 g/mol. The standard InChI is InChI=1S/C35H47Cl2N5O5.C2HF3O2/c1-5-38-31(44)35(21-24-11-7-6-8-12-24)16-10-18-42(23-35)30(43)29(20-25-14-15-27(36)28(37)19-25)40-32(45)39-26-13-9-17-41(22-26)33(46)47-34(2,3)4;3-2(4,5)1(6)7/h6-8,11-12,14-15,19,26,29H,5,9-10,13,16-18,20-23H2,1-4H3,(H,38,44)(H2,39,40,45);(H,6,7)/t26?,29?,35-;/m0./s1. The maximum absolute atomic E-state index is 14.3. The fourth-order valence-electron chi connectivity index (χ4n) is 6.36. The second-order valence-electron chi connectivity index (χ2n) is 14.4. The highest BCUT2D eigenvalue weighted by molar-refractivity contribution is 6.42. The summed E-state index contributed by atoms with van der Waals surface area (Å²) in [6.07, 6.45) is -2.19. The van der Waals surface area contributed by atoms with Gasteiger partial charge in [-0.3, -0.25) is 9.59 Å². The summed E-state index contributed by atoms with van der Waals surface area (Å²) in [5.41, 5.74) is 0.306. The molecule has 0 bridgehead atoms. The molecule has 298 valence electrons. The van der Waals surface area contributed by atoms with Gasteiger partial charge in [-0.2, -0.15) is 13.2 Å². The molecular weight excluding hydrogens is 754 g/mol. The summed E-state index contributed by atoms with van der Waals surface area (Å²) >= 11 is 12.5. The summed E-state index contributed by atoms with van der Waals surface area (Å²) in [6.45, 7) is 9.33. The summed E-state index contributed by atoms with van der Waals surface area (Å²) in [6, 6.07) is 13.2. The van der Waals surface area contributed by atoms with Crippen LogP contribution in [0.15, 0.2) is 48.5 Å². The van der Waals surface area contributed by atoms with Gasteiger partial charge in [0.1, 0.15) is 11.6 Å². The number of nitrogens with one attached hydrogen (secondary N) is 3. The van der Waals surface area contributed by atoms with Crippen LogP contribution in [0.3, 0.4) is 0 Å². The molecule has 4 rings (SSSR count). The molecule has 17 heteroatoms. The maximum atomic E-state index is 14.3. The molecule has 2 aliphatic rings. The number of ether oxygens (including phenoxy) is 1. The lowest BCUT2D eigenvalue weighted by molar-refractivity contribution is -0.192. The first-order valence-electron chi connectivity index (χ1n) is 17.6. The van der Waals surface area contributed by atoms with Gasteiger partial charge in [-0.15, -0.1) is 0 Å². The van der Waals surface area contributed by atoms with Gasteiger partial charge in [0.25, 0.3) is 0 Å². The van der Waals surface area contributed by atoms with Crippen molar-refractivity contribution in [2.75, 3.05) is 32.7 Å². The maximum Gasteiger partial charge on any atom is 0.490 e. The van der Waals surface area contributed by atoms with Crippen molar-refractivity contribution in [3.8, 4) is 0 Å². The fraction of sp³-hybridized carbons (Fsp3) is 0.541. The van der Waals surface area contributed by atoms with E-state index in [-0.39, 0.29) is 30.8 Å². The lowest BCUT2D eigenvalue weighted by Crippen LogP contribution is -2.60. The molecule has 2 aliphatic heterocycles. The number of rotatable bonds is 9. The van der Waals surface area contributed by atoms with Gasteiger partial charge in [0, 0.05) is 45.2 Å². The van der Waals surface area contributed by atoms with Crippen molar-refractivity contribution >= 4 is 53.1 Å². The normalized spacial score (nSPS) is 19.4. The number of halogens is 5. The van der Waals surface area contributed by atoms with E-state index >= 15 is 0 Å². The Labute approximate surface area is 323 Å². The summed E-state index contributed by atoms with van der Waals surface area (Å²) < 4.78 is 37.3. The van der Waals surface area contributed by atoms with E-state index in [1.165, 1.54) is 0 Å². The van der Waals surface area contributed by atoms with Crippen LogP contribution in [0.25, 0.3) is 0 Å². The number of piperidine rings is 2. The van der Waals surface area contributed by atoms with Crippen molar-refractivity contribution in [1.82, 2.24) is 25.8 Å². The Bertz CT molecular complexity index is 1630. The van der Waals surface area contributed by atoms with E-state index in [0.717, 1.165) is 11.1 Å². The SMILES string of the molecule is CCNC(=O)[C@]1(Cc2ccccc2)CCCN(C(=O)C(Cc2ccc(Cl)c(Cl)c2)NC(=O)NC2CCCN(C(=O)OC(C)(C)C)C2)C1.O=C(O)C(F)(F)F. The molecule has 2 fully saturated rings. The van der Waals surface area contributed by atoms with Crippen molar-refractivity contribution in [1.29, 1.82) is 0 Å². The van der Waals surface area contributed by atoms with E-state index in [0.29, 0.717) is 68.3 Å². The number of carbonyl (C=O) groups is 5. The minimum absolute atomic E-state index is 0.0834. The summed E-state index contributed by atoms with van der Waals surface area (Å²) in [7, 11) is 0. The topological polar surface area (TPSA) is 157 Å². The van der Waals surface area contributed by atoms with Crippen LogP contribution in [-0.2, 0) is 32.0 Å². The molecule has 5 amide bonds. The third-order valence-corrected chi connectivity index (χ3v) is 9.51. The van der Waals surface area contributed by atoms with Gasteiger partial charge in [0.2, 0.25) is 11.8 Å². The number of amides is 5. The van der Waals surface area contributed by atoms with E-state index in [1.807, 2.05) is 58.0 Å². The Balaban J connectivity index is 0.00000102. The number of likely N-dealkylation sites (tertiary alicyclic amines) is 2. The zero-order valence-corrected chi connectivity index (χ0v) is 32.2. The number of alkyl halides is 3. The molecule has 54 heavy (non-hydrogen) atoms. The summed E-state index contributed by atoms with van der Waals surface area (Å²) in [5.74, 6) is -3.13. The molecule has 0 spiro atoms. The van der Waals surface area contributed by atoms with Crippen LogP contribution in [0.4, 0.5) is 22.8 Å². The number of aliphatic carboxylic acids is 1. The van der Waals surface area contributed by atoms with Crippen LogP contribution in [0, 0.1) is 5.41 Å². The van der Waals surface area contributed by atoms with E-state index in [2.05, 4.69) is 16.0 Å². The average molecular weight is 803 g/mol. The quantitative estimate of drug-likeness (QED) is 0.235. The van der Waals surface area contributed by atoms with Crippen molar-refractivity contribution < 1.29 is 47.0 Å². The van der Waals surface area contributed by atoms with E-state index < -0.39 is 41.3 Å². The molecule has 4 N–H and O–H groups in total. The first kappa shape index (κ1) is 44.2. The Morgan fingerprint density at radius 3 is 2.20 bits per heavy atom. The van der Waals surface area contributed by atoms with Gasteiger partial charge in [0.05, 0.1) is 15.5 Å². The first-order chi connectivity index (χ1) is 25.2. The molecule has 0 aromatic heterocycles. The molecule has 2 unspecified atom stereocenters. The number of hydrogen-bond acceptors (Lipinski definition) is 6. The predicted molar refractivity (Wildman–Crippen MR) is 197 cm³/mol. The van der Waals surface area contributed by atoms with E-state index in [4.69, 9.17) is 37.8 Å². The van der Waals surface area contributed by atoms with Crippen LogP contribution in [0.5, 0.6) is 0 Å². The van der Waals surface area contributed by atoms with E-state index in [1.54, 1.807) is 28.0 Å². The number of benzene rings is 2. The number of carboxylic acid groups (broad SMARTS) is 1. The Hall–Kier alpha value is -4.24. The Morgan fingerprint density at radius 1 is 0.963 bits per heavy atom. The molecule has 2 saturated heterocycles. The number of carboxylic acids is 1. The zero-order chi connectivity index (χ0) is 40.3. The van der Waals surface area contributed by atoms with Gasteiger partial charge >= 0.3 is 24.3 Å². The van der Waals surface area contributed by atoms with Gasteiger partial charge in [-0.1, -0.05) is 59.6 Å². The highest BCUT2D eigenvalue weighted by atomic mass is 35.5. The lowest BCUT2D eigenvalue weighted by Gasteiger charge is -2.43. The van der Waals surface area contributed by atoms with Crippen LogP contribution in [-0.4, -0.2) is 101 Å². The third kappa shape index (κ3) is 13.6. The first-order valence-corrected chi connectivity index (χ1v) is 18.4. The molecular formula is C37H48Cl2F3N5O7. The smallest absolute Gasteiger partial charge is 0.475 e. The van der Waals surface area contributed by atoms with Gasteiger partial charge in [-0.05, 0) is 83.1 Å². The van der Waals surface area contributed by atoms with Crippen molar-refractivity contribution in [3.63, 3.8) is 0 Å². The van der Waals surface area contributed by atoms with E-state index in [9.17, 15) is 32.3 Å². The van der Waals surface area contributed by atoms with Gasteiger partial charge in [0.15, 0.2) is 0 Å². The van der Waals surface area contributed by atoms with Crippen LogP contribution in [0.1, 0.15) is 64.5 Å². The second kappa shape index (κ2) is 19.4. The number of carbonyl (C=O) groups excluding carboxylic acids is 4. The average Bonchev–Trinajstić information content (AvgIpc) is 3.09. The fourth-order valence-corrected chi connectivity index (χ4v) is 6.68. The minimum atomic E-state index is -5.08. The Kier molecular flexibility index (Phi) is 15.8. The predicted octanol–water partition coefficient (Wildman–Crippen LogP) is 6.22. The summed E-state index contributed by atoms with van der Waals surface area (Å²) in [4.78, 5) is 66.2. The molecule has 2 heterocycles. The lowest BCUT2D eigenvalue weighted by atomic mass is 9.74. The highest BCUT2D eigenvalue weighted by Crippen LogP contribution is 2.35. The van der Waals surface area contributed by atoms with Crippen molar-refractivity contribution in [2.24, 2.45) is 5.41 Å².